The summed E-state index contributed by atoms with van der Waals surface area (Å²) in [6.07, 6.45) is 0. The topological polar surface area (TPSA) is 228 Å². The molecule has 0 heterocycles. The molecule has 6 aromatic carbocycles. The molecule has 47 heavy (non-hydrogen) atoms. The van der Waals surface area contributed by atoms with Gasteiger partial charge in [-0.15, -0.1) is 0 Å². The normalized spacial score (nSPS) is 10.9. The third-order valence-electron chi connectivity index (χ3n) is 6.55. The second-order valence-electron chi connectivity index (χ2n) is 9.49. The van der Waals surface area contributed by atoms with Gasteiger partial charge in [0, 0.05) is 35.0 Å². The van der Waals surface area contributed by atoms with Gasteiger partial charge in [0.1, 0.15) is 0 Å². The van der Waals surface area contributed by atoms with Gasteiger partial charge in [0.2, 0.25) is 0 Å². The molecule has 0 fully saturated rings. The summed E-state index contributed by atoms with van der Waals surface area (Å²) >= 11 is 0. The summed E-state index contributed by atoms with van der Waals surface area (Å²) in [7, 11) is 0. The number of nitrogens with zero attached hydrogens (tertiary/aromatic N) is 6. The van der Waals surface area contributed by atoms with Crippen molar-refractivity contribution in [1.82, 2.24) is 0 Å². The van der Waals surface area contributed by atoms with Crippen molar-refractivity contribution in [3.8, 4) is 23.0 Å². The Bertz CT molecular complexity index is 2040. The largest absolute Gasteiger partial charge is 3.00 e. The Morgan fingerprint density at radius 1 is 0.447 bits per heavy atom. The number of benzene rings is 6. The minimum Gasteiger partial charge on any atom is -0.871 e. The van der Waals surface area contributed by atoms with Gasteiger partial charge in [-0.1, -0.05) is 95.8 Å². The Morgan fingerprint density at radius 2 is 0.830 bits per heavy atom. The zero-order valence-electron chi connectivity index (χ0n) is 23.7. The molecular weight excluding hydrogens is 648 g/mol. The molecule has 0 aromatic heterocycles. The first kappa shape index (κ1) is 33.5. The summed E-state index contributed by atoms with van der Waals surface area (Å²) in [4.78, 5) is 19.9. The molecule has 231 valence electrons. The number of non-ortho nitro benzene ring substituents is 2. The number of nitro benzene ring substituents is 2. The van der Waals surface area contributed by atoms with Crippen LogP contribution >= 0.6 is 0 Å². The number of azo groups is 2. The van der Waals surface area contributed by atoms with Gasteiger partial charge in [-0.05, 0) is 22.9 Å². The summed E-state index contributed by atoms with van der Waals surface area (Å²) in [6.45, 7) is 0. The molecule has 6 aromatic rings. The maximum absolute atomic E-state index is 12.0. The quantitative estimate of drug-likeness (QED) is 0.106. The maximum atomic E-state index is 12.0. The number of rotatable bonds is 6. The third kappa shape index (κ3) is 7.63. The molecule has 0 aliphatic rings. The molecule has 0 atom stereocenters. The molecule has 0 amide bonds. The summed E-state index contributed by atoms with van der Waals surface area (Å²) in [6, 6.07) is 26.9. The van der Waals surface area contributed by atoms with E-state index in [1.54, 1.807) is 36.4 Å². The van der Waals surface area contributed by atoms with Crippen molar-refractivity contribution in [1.29, 1.82) is 0 Å². The second-order valence-corrected chi connectivity index (χ2v) is 9.49. The van der Waals surface area contributed by atoms with Crippen LogP contribution in [0.25, 0.3) is 21.5 Å². The Labute approximate surface area is 275 Å². The van der Waals surface area contributed by atoms with Crippen LogP contribution in [0, 0.1) is 20.2 Å². The van der Waals surface area contributed by atoms with Gasteiger partial charge >= 0.3 is 17.4 Å². The molecule has 0 spiro atoms. The molecular formula is C32H18CrN6O8-. The third-order valence-corrected chi connectivity index (χ3v) is 6.55. The monoisotopic (exact) mass is 666 g/mol. The number of fused-ring (bicyclic) bond motifs is 2. The molecule has 0 aliphatic heterocycles. The first-order valence-corrected chi connectivity index (χ1v) is 13.2. The number of hydrogen-bond donors (Lipinski definition) is 0. The van der Waals surface area contributed by atoms with E-state index < -0.39 is 21.3 Å². The van der Waals surface area contributed by atoms with Crippen LogP contribution in [0.4, 0.5) is 34.1 Å². The van der Waals surface area contributed by atoms with Crippen molar-refractivity contribution in [2.24, 2.45) is 20.5 Å². The maximum Gasteiger partial charge on any atom is 3.00 e. The van der Waals surface area contributed by atoms with E-state index in [9.17, 15) is 40.7 Å². The van der Waals surface area contributed by atoms with E-state index in [-0.39, 0.29) is 63.0 Å². The Balaban J connectivity index is 0.000000208. The average molecular weight is 667 g/mol. The van der Waals surface area contributed by atoms with Crippen LogP contribution in [0.5, 0.6) is 23.0 Å². The van der Waals surface area contributed by atoms with Crippen molar-refractivity contribution in [3.63, 3.8) is 0 Å². The molecule has 1 radical (unpaired) electrons. The molecule has 0 unspecified atom stereocenters. The molecule has 0 saturated carbocycles. The van der Waals surface area contributed by atoms with Crippen LogP contribution in [-0.2, 0) is 17.4 Å². The Morgan fingerprint density at radius 3 is 1.19 bits per heavy atom. The van der Waals surface area contributed by atoms with Crippen LogP contribution in [0.2, 0.25) is 0 Å². The summed E-state index contributed by atoms with van der Waals surface area (Å²) in [5.74, 6) is -1.89. The van der Waals surface area contributed by atoms with Crippen LogP contribution < -0.4 is 20.4 Å². The standard InChI is InChI=1S/2C16H11N3O4.Cr/c2*20-14-8-5-10-3-1-2-4-12(10)16(14)18-17-13-7-6-11(19(22)23)9-15(13)21;/h2*1-9,20-21H;/q;;+3/p-4. The van der Waals surface area contributed by atoms with Crippen molar-refractivity contribution < 1.29 is 47.6 Å². The van der Waals surface area contributed by atoms with E-state index in [0.29, 0.717) is 10.8 Å². The average Bonchev–Trinajstić information content (AvgIpc) is 3.05. The van der Waals surface area contributed by atoms with Crippen LogP contribution in [0.15, 0.2) is 130 Å². The van der Waals surface area contributed by atoms with E-state index in [0.717, 1.165) is 35.0 Å². The predicted octanol–water partition coefficient (Wildman–Crippen LogP) is 6.62. The molecule has 0 saturated heterocycles. The van der Waals surface area contributed by atoms with Gasteiger partial charge in [0.05, 0.1) is 32.6 Å². The predicted molar refractivity (Wildman–Crippen MR) is 160 cm³/mol. The van der Waals surface area contributed by atoms with Crippen molar-refractivity contribution in [3.05, 3.63) is 129 Å². The summed E-state index contributed by atoms with van der Waals surface area (Å²) in [5.41, 5.74) is -0.514. The van der Waals surface area contributed by atoms with Gasteiger partial charge in [0.15, 0.2) is 0 Å². The SMILES string of the molecule is O=[N+]([O-])c1ccc(N=Nc2c([O-])ccc3ccccc23)c([O-])c1.O=[N+]([O-])c1ccc(N=Nc2c([O-])ccc3ccccc23)c([O-])c1.[Cr+3]. The Kier molecular flexibility index (Phi) is 10.4. The molecule has 0 bridgehead atoms. The van der Waals surface area contributed by atoms with E-state index in [1.807, 2.05) is 24.3 Å². The van der Waals surface area contributed by atoms with E-state index in [4.69, 9.17) is 0 Å². The van der Waals surface area contributed by atoms with Gasteiger partial charge in [-0.3, -0.25) is 20.2 Å². The van der Waals surface area contributed by atoms with Gasteiger partial charge in [0.25, 0.3) is 11.4 Å². The van der Waals surface area contributed by atoms with Gasteiger partial charge < -0.3 is 20.4 Å². The smallest absolute Gasteiger partial charge is 0.871 e. The minimum atomic E-state index is -0.664. The molecule has 14 nitrogen and oxygen atoms in total. The zero-order valence-corrected chi connectivity index (χ0v) is 25.0. The van der Waals surface area contributed by atoms with E-state index in [2.05, 4.69) is 20.5 Å². The zero-order chi connectivity index (χ0) is 32.8. The number of hydrogen-bond acceptors (Lipinski definition) is 12. The van der Waals surface area contributed by atoms with E-state index in [1.165, 1.54) is 24.3 Å². The first-order chi connectivity index (χ1) is 22.1. The van der Waals surface area contributed by atoms with Gasteiger partial charge in [-0.25, -0.2) is 0 Å². The molecule has 15 heteroatoms. The van der Waals surface area contributed by atoms with Crippen LogP contribution in [0.3, 0.4) is 0 Å². The van der Waals surface area contributed by atoms with Crippen molar-refractivity contribution in [2.75, 3.05) is 0 Å². The number of nitro groups is 2. The van der Waals surface area contributed by atoms with E-state index >= 15 is 0 Å². The van der Waals surface area contributed by atoms with Crippen molar-refractivity contribution in [2.45, 2.75) is 0 Å². The fourth-order valence-electron chi connectivity index (χ4n) is 4.28. The van der Waals surface area contributed by atoms with Gasteiger partial charge in [-0.2, -0.15) is 20.5 Å². The molecule has 0 N–H and O–H groups in total. The molecule has 0 aliphatic carbocycles. The van der Waals surface area contributed by atoms with Crippen molar-refractivity contribution >= 4 is 55.7 Å². The van der Waals surface area contributed by atoms with Crippen LogP contribution in [0.1, 0.15) is 0 Å². The van der Waals surface area contributed by atoms with Crippen LogP contribution in [-0.4, -0.2) is 9.85 Å². The minimum absolute atomic E-state index is 0. The first-order valence-electron chi connectivity index (χ1n) is 13.2. The summed E-state index contributed by atoms with van der Waals surface area (Å²) in [5, 5.41) is 86.9. The summed E-state index contributed by atoms with van der Waals surface area (Å²) < 4.78 is 0. The second kappa shape index (κ2) is 14.6. The molecule has 6 rings (SSSR count). The Hall–Kier alpha value is -6.43. The fraction of sp³-hybridized carbons (Fsp3) is 0. The fourth-order valence-corrected chi connectivity index (χ4v) is 4.28.